The lowest BCUT2D eigenvalue weighted by atomic mass is 9.76. The van der Waals surface area contributed by atoms with E-state index in [-0.39, 0.29) is 5.92 Å². The third-order valence-corrected chi connectivity index (χ3v) is 15.5. The minimum Gasteiger partial charge on any atom is -0.310 e. The molecule has 352 valence electrons. The third-order valence-electron chi connectivity index (χ3n) is 15.5. The monoisotopic (exact) mass is 945 g/mol. The molecule has 0 saturated heterocycles. The van der Waals surface area contributed by atoms with Crippen molar-refractivity contribution < 1.29 is 0 Å². The fourth-order valence-corrected chi connectivity index (χ4v) is 12.1. The van der Waals surface area contributed by atoms with E-state index in [1.807, 2.05) is 6.08 Å². The maximum Gasteiger partial charge on any atom is 0.0467 e. The van der Waals surface area contributed by atoms with Crippen molar-refractivity contribution in [2.75, 3.05) is 4.90 Å². The number of fused-ring (bicyclic) bond motifs is 8. The third kappa shape index (κ3) is 7.90. The Morgan fingerprint density at radius 3 is 1.89 bits per heavy atom. The largest absolute Gasteiger partial charge is 0.310 e. The van der Waals surface area contributed by atoms with E-state index in [1.165, 1.54) is 110 Å². The Morgan fingerprint density at radius 2 is 1.15 bits per heavy atom. The molecule has 0 heterocycles. The summed E-state index contributed by atoms with van der Waals surface area (Å²) >= 11 is 0. The number of nitrogens with zero attached hydrogens (tertiary/aromatic N) is 1. The normalized spacial score (nSPS) is 13.9. The lowest BCUT2D eigenvalue weighted by molar-refractivity contribution is 0.834. The molecule has 0 saturated carbocycles. The molecule has 0 radical (unpaired) electrons. The second kappa shape index (κ2) is 19.2. The second-order valence-electron chi connectivity index (χ2n) is 19.8. The summed E-state index contributed by atoms with van der Waals surface area (Å²) in [5.41, 5.74) is 22.1. The Morgan fingerprint density at radius 1 is 0.500 bits per heavy atom. The van der Waals surface area contributed by atoms with Gasteiger partial charge in [-0.05, 0) is 197 Å². The predicted octanol–water partition coefficient (Wildman–Crippen LogP) is 20.3. The molecule has 2 aliphatic rings. The fourth-order valence-electron chi connectivity index (χ4n) is 12.1. The Bertz CT molecular complexity index is 4030. The van der Waals surface area contributed by atoms with Crippen molar-refractivity contribution in [3.8, 4) is 44.5 Å². The molecule has 0 spiro atoms. The van der Waals surface area contributed by atoms with Crippen LogP contribution in [-0.2, 0) is 12.8 Å². The number of allylic oxidation sites excluding steroid dienone is 3. The van der Waals surface area contributed by atoms with Crippen LogP contribution in [0.2, 0.25) is 0 Å². The Balaban J connectivity index is 1.10. The highest BCUT2D eigenvalue weighted by atomic mass is 15.1. The summed E-state index contributed by atoms with van der Waals surface area (Å²) in [5, 5.41) is 7.57. The molecule has 74 heavy (non-hydrogen) atoms. The van der Waals surface area contributed by atoms with Crippen molar-refractivity contribution in [2.45, 2.75) is 32.1 Å². The zero-order valence-corrected chi connectivity index (χ0v) is 41.7. The van der Waals surface area contributed by atoms with E-state index >= 15 is 0 Å². The number of hydrogen-bond acceptors (Lipinski definition) is 1. The van der Waals surface area contributed by atoms with E-state index in [4.69, 9.17) is 0 Å². The molecule has 0 N–H and O–H groups in total. The SMILES string of the molecule is C=Cc1cc(-c2ccc3c(c2)c2c(c4c(-c5ccc(N(c6ccccc6)c6ccc7c(c6)C=CCC7)cc5)cc(-c5ccccc5)c(-c5ccccc5)c43)C=CC(c3ccccc3)C2)c2ccccc2c1/C=C\C. The average molecular weight is 946 g/mol. The summed E-state index contributed by atoms with van der Waals surface area (Å²) in [6.45, 7) is 6.40. The van der Waals surface area contributed by atoms with Crippen LogP contribution in [0, 0.1) is 0 Å². The Labute approximate surface area is 435 Å². The fraction of sp³-hybridized carbons (Fsp3) is 0.0685. The first-order valence-electron chi connectivity index (χ1n) is 26.1. The molecule has 0 bridgehead atoms. The van der Waals surface area contributed by atoms with E-state index in [0.29, 0.717) is 0 Å². The van der Waals surface area contributed by atoms with Gasteiger partial charge in [0.25, 0.3) is 0 Å². The highest BCUT2D eigenvalue weighted by Crippen LogP contribution is 2.52. The van der Waals surface area contributed by atoms with Crippen molar-refractivity contribution >= 4 is 73.7 Å². The van der Waals surface area contributed by atoms with Gasteiger partial charge in [0, 0.05) is 23.0 Å². The number of benzene rings is 11. The van der Waals surface area contributed by atoms with E-state index in [0.717, 1.165) is 41.9 Å². The minimum absolute atomic E-state index is 0.226. The topological polar surface area (TPSA) is 3.24 Å². The van der Waals surface area contributed by atoms with Crippen LogP contribution < -0.4 is 4.90 Å². The predicted molar refractivity (Wildman–Crippen MR) is 319 cm³/mol. The van der Waals surface area contributed by atoms with Crippen molar-refractivity contribution in [3.63, 3.8) is 0 Å². The summed E-state index contributed by atoms with van der Waals surface area (Å²) < 4.78 is 0. The van der Waals surface area contributed by atoms with Gasteiger partial charge in [-0.3, -0.25) is 0 Å². The number of para-hydroxylation sites is 1. The standard InChI is InChI=1S/C73H55N/c1-3-21-61-49(4-2)45-66(63-33-20-19-32-62(61)63)57-38-43-65-70(47-57)69-46-56(50-22-9-5-10-23-50)37-42-64(69)72-68(48-67(52-25-11-6-12-26-52)71(73(65)72)54-27-13-7-14-28-54)53-35-39-59(40-36-53)74(58-30-15-8-16-31-58)60-41-34-51-24-17-18-29-55(51)44-60/h3-16,18-23,25-45,47-48,56H,2,17,24,46H2,1H3/b21-3-. The summed E-state index contributed by atoms with van der Waals surface area (Å²) in [6, 6.07) is 81.2. The van der Waals surface area contributed by atoms with Gasteiger partial charge in [-0.1, -0.05) is 213 Å². The Kier molecular flexibility index (Phi) is 11.6. The lowest BCUT2D eigenvalue weighted by Gasteiger charge is -2.28. The number of hydrogen-bond donors (Lipinski definition) is 0. The maximum absolute atomic E-state index is 4.31. The van der Waals surface area contributed by atoms with Crippen LogP contribution in [0.3, 0.4) is 0 Å². The maximum atomic E-state index is 4.31. The van der Waals surface area contributed by atoms with Crippen molar-refractivity contribution in [1.82, 2.24) is 0 Å². The molecule has 11 aromatic carbocycles. The molecule has 0 aromatic heterocycles. The van der Waals surface area contributed by atoms with Crippen LogP contribution in [-0.4, -0.2) is 0 Å². The number of rotatable bonds is 10. The lowest BCUT2D eigenvalue weighted by Crippen LogP contribution is -2.10. The van der Waals surface area contributed by atoms with E-state index < -0.39 is 0 Å². The first-order valence-corrected chi connectivity index (χ1v) is 26.1. The molecule has 1 atom stereocenters. The summed E-state index contributed by atoms with van der Waals surface area (Å²) in [4.78, 5) is 2.40. The second-order valence-corrected chi connectivity index (χ2v) is 19.8. The van der Waals surface area contributed by atoms with Gasteiger partial charge in [-0.15, -0.1) is 0 Å². The van der Waals surface area contributed by atoms with Crippen LogP contribution in [0.1, 0.15) is 58.2 Å². The van der Waals surface area contributed by atoms with Gasteiger partial charge < -0.3 is 4.90 Å². The van der Waals surface area contributed by atoms with Crippen molar-refractivity contribution in [3.05, 3.63) is 282 Å². The van der Waals surface area contributed by atoms with Crippen LogP contribution in [0.15, 0.2) is 243 Å². The zero-order valence-electron chi connectivity index (χ0n) is 41.7. The first kappa shape index (κ1) is 44.9. The minimum atomic E-state index is 0.226. The van der Waals surface area contributed by atoms with Gasteiger partial charge in [-0.25, -0.2) is 0 Å². The molecule has 2 aliphatic carbocycles. The highest BCUT2D eigenvalue weighted by molar-refractivity contribution is 6.25. The van der Waals surface area contributed by atoms with Gasteiger partial charge in [0.1, 0.15) is 0 Å². The first-order chi connectivity index (χ1) is 36.6. The number of anilines is 3. The van der Waals surface area contributed by atoms with Crippen molar-refractivity contribution in [1.29, 1.82) is 0 Å². The van der Waals surface area contributed by atoms with Gasteiger partial charge in [-0.2, -0.15) is 0 Å². The van der Waals surface area contributed by atoms with Gasteiger partial charge >= 0.3 is 0 Å². The van der Waals surface area contributed by atoms with Crippen LogP contribution in [0.4, 0.5) is 17.1 Å². The van der Waals surface area contributed by atoms with Gasteiger partial charge in [0.2, 0.25) is 0 Å². The summed E-state index contributed by atoms with van der Waals surface area (Å²) in [7, 11) is 0. The molecule has 0 fully saturated rings. The van der Waals surface area contributed by atoms with E-state index in [1.54, 1.807) is 0 Å². The zero-order chi connectivity index (χ0) is 49.5. The van der Waals surface area contributed by atoms with E-state index in [2.05, 4.69) is 273 Å². The molecule has 1 nitrogen and oxygen atoms in total. The molecule has 1 heteroatoms. The van der Waals surface area contributed by atoms with E-state index in [9.17, 15) is 0 Å². The van der Waals surface area contributed by atoms with Crippen LogP contribution in [0.25, 0.3) is 101 Å². The molecular weight excluding hydrogens is 891 g/mol. The molecule has 0 amide bonds. The number of aryl methyl sites for hydroxylation is 1. The molecule has 1 unspecified atom stereocenters. The summed E-state index contributed by atoms with van der Waals surface area (Å²) in [5.74, 6) is 0.226. The average Bonchev–Trinajstić information content (AvgIpc) is 3.48. The van der Waals surface area contributed by atoms with Crippen LogP contribution >= 0.6 is 0 Å². The molecule has 13 rings (SSSR count). The molecular formula is C73H55N. The smallest absolute Gasteiger partial charge is 0.0467 e. The molecule has 0 aliphatic heterocycles. The van der Waals surface area contributed by atoms with Gasteiger partial charge in [0.05, 0.1) is 0 Å². The molecule has 11 aromatic rings. The van der Waals surface area contributed by atoms with Crippen molar-refractivity contribution in [2.24, 2.45) is 0 Å². The summed E-state index contributed by atoms with van der Waals surface area (Å²) in [6.07, 6.45) is 18.9. The quantitative estimate of drug-likeness (QED) is 0.124. The van der Waals surface area contributed by atoms with Gasteiger partial charge in [0.15, 0.2) is 0 Å². The van der Waals surface area contributed by atoms with Crippen LogP contribution in [0.5, 0.6) is 0 Å². The Hall–Kier alpha value is -9.04. The highest BCUT2D eigenvalue weighted by Gasteiger charge is 2.28.